The first-order chi connectivity index (χ1) is 23.0. The standard InChI is InChI=1S/C41H82N2O4/c1-3-4-5-6-7-8-9-10-17-22-27-32-37-47-41(46)35-30-25-20-15-12-16-21-26-31-36-43-39(38(2)42)33-28-23-18-13-11-14-19-24-29-34-40(44)45/h38-39,43H,3-37,42H2,1-2H3,(H,44,45). The molecule has 0 spiro atoms. The van der Waals surface area contributed by atoms with Crippen molar-refractivity contribution in [1.82, 2.24) is 5.32 Å². The number of carboxylic acids is 1. The molecule has 6 heteroatoms. The van der Waals surface area contributed by atoms with Crippen molar-refractivity contribution in [2.45, 2.75) is 238 Å². The summed E-state index contributed by atoms with van der Waals surface area (Å²) in [4.78, 5) is 22.5. The fourth-order valence-corrected chi connectivity index (χ4v) is 6.55. The smallest absolute Gasteiger partial charge is 0.305 e. The lowest BCUT2D eigenvalue weighted by atomic mass is 10.0. The summed E-state index contributed by atoms with van der Waals surface area (Å²) in [5.74, 6) is -0.669. The maximum atomic E-state index is 12.0. The lowest BCUT2D eigenvalue weighted by Crippen LogP contribution is -2.43. The Morgan fingerprint density at radius 3 is 1.38 bits per heavy atom. The first-order valence-corrected chi connectivity index (χ1v) is 20.8. The van der Waals surface area contributed by atoms with Crippen LogP contribution in [0.3, 0.4) is 0 Å². The van der Waals surface area contributed by atoms with Crippen LogP contribution in [0.4, 0.5) is 0 Å². The maximum absolute atomic E-state index is 12.0. The zero-order chi connectivity index (χ0) is 34.5. The molecule has 0 aromatic heterocycles. The minimum Gasteiger partial charge on any atom is -0.481 e. The van der Waals surface area contributed by atoms with Gasteiger partial charge < -0.3 is 20.9 Å². The molecule has 0 rings (SSSR count). The van der Waals surface area contributed by atoms with Gasteiger partial charge in [-0.05, 0) is 45.6 Å². The summed E-state index contributed by atoms with van der Waals surface area (Å²) in [6.07, 6.45) is 39.8. The van der Waals surface area contributed by atoms with Crippen LogP contribution in [-0.4, -0.2) is 42.3 Å². The highest BCUT2D eigenvalue weighted by atomic mass is 16.5. The van der Waals surface area contributed by atoms with Crippen molar-refractivity contribution in [1.29, 1.82) is 0 Å². The van der Waals surface area contributed by atoms with E-state index in [1.54, 1.807) is 0 Å². The van der Waals surface area contributed by atoms with E-state index in [4.69, 9.17) is 15.6 Å². The predicted molar refractivity (Wildman–Crippen MR) is 202 cm³/mol. The molecule has 0 aliphatic heterocycles. The fraction of sp³-hybridized carbons (Fsp3) is 0.951. The first kappa shape index (κ1) is 45.9. The summed E-state index contributed by atoms with van der Waals surface area (Å²) in [5, 5.41) is 12.4. The summed E-state index contributed by atoms with van der Waals surface area (Å²) >= 11 is 0. The molecule has 0 aromatic carbocycles. The highest BCUT2D eigenvalue weighted by Crippen LogP contribution is 2.15. The number of nitrogens with two attached hydrogens (primary N) is 1. The number of aliphatic carboxylic acids is 1. The van der Waals surface area contributed by atoms with Gasteiger partial charge in [-0.1, -0.05) is 174 Å². The van der Waals surface area contributed by atoms with Gasteiger partial charge in [0.25, 0.3) is 0 Å². The van der Waals surface area contributed by atoms with Crippen LogP contribution < -0.4 is 11.1 Å². The van der Waals surface area contributed by atoms with Crippen LogP contribution in [0.5, 0.6) is 0 Å². The van der Waals surface area contributed by atoms with E-state index in [0.717, 1.165) is 38.6 Å². The molecule has 0 saturated carbocycles. The largest absolute Gasteiger partial charge is 0.481 e. The molecule has 0 saturated heterocycles. The second-order valence-corrected chi connectivity index (χ2v) is 14.6. The Balaban J connectivity index is 3.40. The van der Waals surface area contributed by atoms with E-state index >= 15 is 0 Å². The van der Waals surface area contributed by atoms with Gasteiger partial charge in [0.1, 0.15) is 0 Å². The van der Waals surface area contributed by atoms with Gasteiger partial charge in [0.05, 0.1) is 6.61 Å². The Hall–Kier alpha value is -1.14. The van der Waals surface area contributed by atoms with Crippen LogP contribution in [0.25, 0.3) is 0 Å². The summed E-state index contributed by atoms with van der Waals surface area (Å²) < 4.78 is 5.44. The van der Waals surface area contributed by atoms with E-state index in [0.29, 0.717) is 25.5 Å². The Kier molecular flexibility index (Phi) is 36.8. The summed E-state index contributed by atoms with van der Waals surface area (Å²) in [5.41, 5.74) is 6.26. The van der Waals surface area contributed by atoms with Crippen LogP contribution >= 0.6 is 0 Å². The van der Waals surface area contributed by atoms with Gasteiger partial charge in [0.2, 0.25) is 0 Å². The second-order valence-electron chi connectivity index (χ2n) is 14.6. The molecule has 0 aromatic rings. The third kappa shape index (κ3) is 37.5. The van der Waals surface area contributed by atoms with Crippen molar-refractivity contribution in [2.75, 3.05) is 13.2 Å². The molecule has 0 aliphatic carbocycles. The number of hydrogen-bond acceptors (Lipinski definition) is 5. The number of carbonyl (C=O) groups excluding carboxylic acids is 1. The van der Waals surface area contributed by atoms with Crippen LogP contribution in [0, 0.1) is 0 Å². The van der Waals surface area contributed by atoms with E-state index < -0.39 is 5.97 Å². The number of unbranched alkanes of at least 4 members (excludes halogenated alkanes) is 27. The second kappa shape index (κ2) is 37.7. The molecule has 0 amide bonds. The first-order valence-electron chi connectivity index (χ1n) is 20.8. The number of carboxylic acid groups (broad SMARTS) is 1. The molecule has 2 unspecified atom stereocenters. The predicted octanol–water partition coefficient (Wildman–Crippen LogP) is 11.8. The quantitative estimate of drug-likeness (QED) is 0.0446. The third-order valence-electron chi connectivity index (χ3n) is 9.77. The maximum Gasteiger partial charge on any atom is 0.305 e. The molecule has 0 bridgehead atoms. The monoisotopic (exact) mass is 667 g/mol. The van der Waals surface area contributed by atoms with Crippen molar-refractivity contribution in [3.05, 3.63) is 0 Å². The third-order valence-corrected chi connectivity index (χ3v) is 9.77. The number of esters is 1. The van der Waals surface area contributed by atoms with E-state index in [9.17, 15) is 9.59 Å². The van der Waals surface area contributed by atoms with Gasteiger partial charge in [-0.2, -0.15) is 0 Å². The molecule has 4 N–H and O–H groups in total. The molecule has 0 fully saturated rings. The highest BCUT2D eigenvalue weighted by Gasteiger charge is 2.12. The zero-order valence-electron chi connectivity index (χ0n) is 31.7. The molecule has 47 heavy (non-hydrogen) atoms. The highest BCUT2D eigenvalue weighted by molar-refractivity contribution is 5.69. The lowest BCUT2D eigenvalue weighted by Gasteiger charge is -2.22. The Morgan fingerprint density at radius 2 is 0.936 bits per heavy atom. The Bertz CT molecular complexity index is 657. The van der Waals surface area contributed by atoms with Gasteiger partial charge >= 0.3 is 11.9 Å². The van der Waals surface area contributed by atoms with E-state index in [-0.39, 0.29) is 12.0 Å². The average Bonchev–Trinajstić information content (AvgIpc) is 3.04. The molecule has 0 radical (unpaired) electrons. The summed E-state index contributed by atoms with van der Waals surface area (Å²) in [6, 6.07) is 0.623. The van der Waals surface area contributed by atoms with Crippen LogP contribution in [0.2, 0.25) is 0 Å². The van der Waals surface area contributed by atoms with Crippen molar-refractivity contribution in [2.24, 2.45) is 5.73 Å². The number of rotatable bonds is 39. The van der Waals surface area contributed by atoms with Gasteiger partial charge in [-0.15, -0.1) is 0 Å². The van der Waals surface area contributed by atoms with E-state index in [1.807, 2.05) is 0 Å². The summed E-state index contributed by atoms with van der Waals surface area (Å²) in [7, 11) is 0. The van der Waals surface area contributed by atoms with Crippen molar-refractivity contribution in [3.63, 3.8) is 0 Å². The van der Waals surface area contributed by atoms with Crippen molar-refractivity contribution >= 4 is 11.9 Å². The fourth-order valence-electron chi connectivity index (χ4n) is 6.55. The molecule has 2 atom stereocenters. The SMILES string of the molecule is CCCCCCCCCCCCCCOC(=O)CCCCCCCCCCCNC(CCCCCCCCCCCC(=O)O)C(C)N. The minimum absolute atomic E-state index is 0.00246. The molecule has 280 valence electrons. The molecular formula is C41H82N2O4. The average molecular weight is 667 g/mol. The minimum atomic E-state index is -0.671. The van der Waals surface area contributed by atoms with Crippen molar-refractivity contribution < 1.29 is 19.4 Å². The van der Waals surface area contributed by atoms with Gasteiger partial charge in [0, 0.05) is 24.9 Å². The molecule has 6 nitrogen and oxygen atoms in total. The topological polar surface area (TPSA) is 102 Å². The molecule has 0 aliphatic rings. The Morgan fingerprint density at radius 1 is 0.553 bits per heavy atom. The van der Waals surface area contributed by atoms with Crippen LogP contribution in [0.1, 0.15) is 226 Å². The summed E-state index contributed by atoms with van der Waals surface area (Å²) in [6.45, 7) is 6.09. The van der Waals surface area contributed by atoms with Crippen molar-refractivity contribution in [3.8, 4) is 0 Å². The zero-order valence-corrected chi connectivity index (χ0v) is 31.7. The number of hydrogen-bond donors (Lipinski definition) is 3. The van der Waals surface area contributed by atoms with Gasteiger partial charge in [0.15, 0.2) is 0 Å². The number of nitrogens with one attached hydrogen (secondary N) is 1. The van der Waals surface area contributed by atoms with Crippen LogP contribution in [-0.2, 0) is 14.3 Å². The lowest BCUT2D eigenvalue weighted by molar-refractivity contribution is -0.144. The number of carbonyl (C=O) groups is 2. The Labute approximate surface area is 292 Å². The van der Waals surface area contributed by atoms with E-state index in [2.05, 4.69) is 19.2 Å². The van der Waals surface area contributed by atoms with Gasteiger partial charge in [-0.3, -0.25) is 9.59 Å². The van der Waals surface area contributed by atoms with Gasteiger partial charge in [-0.25, -0.2) is 0 Å². The number of ether oxygens (including phenoxy) is 1. The van der Waals surface area contributed by atoms with E-state index in [1.165, 1.54) is 167 Å². The van der Waals surface area contributed by atoms with Crippen LogP contribution in [0.15, 0.2) is 0 Å². The molecular weight excluding hydrogens is 584 g/mol. The molecule has 0 heterocycles. The normalized spacial score (nSPS) is 12.7.